The molecule has 2 heterocycles. The third-order valence-electron chi connectivity index (χ3n) is 1.66. The molecule has 12 heavy (non-hydrogen) atoms. The van der Waals surface area contributed by atoms with Crippen LogP contribution in [-0.4, -0.2) is 19.7 Å². The van der Waals surface area contributed by atoms with Gasteiger partial charge in [-0.05, 0) is 6.92 Å². The van der Waals surface area contributed by atoms with Crippen LogP contribution in [-0.2, 0) is 7.05 Å². The first-order chi connectivity index (χ1) is 5.68. The maximum absolute atomic E-state index is 5.87. The Kier molecular flexibility index (Phi) is 1.51. The number of aryl methyl sites for hydroxylation is 2. The summed E-state index contributed by atoms with van der Waals surface area (Å²) in [6.45, 7) is 1.80. The molecule has 0 fully saturated rings. The van der Waals surface area contributed by atoms with Crippen LogP contribution in [0.3, 0.4) is 0 Å². The van der Waals surface area contributed by atoms with Gasteiger partial charge in [-0.3, -0.25) is 4.68 Å². The zero-order valence-electron chi connectivity index (χ0n) is 6.74. The van der Waals surface area contributed by atoms with Crippen molar-refractivity contribution < 1.29 is 0 Å². The summed E-state index contributed by atoms with van der Waals surface area (Å²) in [6, 6.07) is 0. The summed E-state index contributed by atoms with van der Waals surface area (Å²) >= 11 is 5.87. The summed E-state index contributed by atoms with van der Waals surface area (Å²) in [5.74, 6) is 0.663. The molecular formula is C7H7ClN4. The fourth-order valence-electron chi connectivity index (χ4n) is 1.09. The topological polar surface area (TPSA) is 43.6 Å². The molecule has 5 heteroatoms. The minimum Gasteiger partial charge on any atom is -0.250 e. The maximum Gasteiger partial charge on any atom is 0.162 e. The van der Waals surface area contributed by atoms with Gasteiger partial charge in [0, 0.05) is 7.05 Å². The number of hydrogen-bond acceptors (Lipinski definition) is 3. The van der Waals surface area contributed by atoms with Gasteiger partial charge in [-0.1, -0.05) is 11.6 Å². The van der Waals surface area contributed by atoms with Crippen LogP contribution in [0, 0.1) is 6.92 Å². The summed E-state index contributed by atoms with van der Waals surface area (Å²) in [4.78, 5) is 8.22. The smallest absolute Gasteiger partial charge is 0.162 e. The van der Waals surface area contributed by atoms with Crippen LogP contribution in [0.5, 0.6) is 0 Å². The number of aromatic nitrogens is 4. The van der Waals surface area contributed by atoms with E-state index in [1.54, 1.807) is 17.8 Å². The Morgan fingerprint density at radius 3 is 2.92 bits per heavy atom. The molecule has 0 spiro atoms. The van der Waals surface area contributed by atoms with Crippen molar-refractivity contribution >= 4 is 22.6 Å². The molecule has 0 amide bonds. The third kappa shape index (κ3) is 0.956. The molecule has 0 saturated carbocycles. The van der Waals surface area contributed by atoms with Crippen molar-refractivity contribution in [2.75, 3.05) is 0 Å². The van der Waals surface area contributed by atoms with Crippen molar-refractivity contribution in [3.63, 3.8) is 0 Å². The number of nitrogens with zero attached hydrogens (tertiary/aromatic N) is 4. The van der Waals surface area contributed by atoms with Gasteiger partial charge < -0.3 is 0 Å². The van der Waals surface area contributed by atoms with E-state index in [0.717, 1.165) is 11.0 Å². The van der Waals surface area contributed by atoms with Gasteiger partial charge in [-0.25, -0.2) is 9.97 Å². The Bertz CT molecular complexity index is 434. The molecule has 0 unspecified atom stereocenters. The molecule has 0 aliphatic rings. The lowest BCUT2D eigenvalue weighted by Gasteiger charge is -1.96. The Labute approximate surface area is 74.2 Å². The summed E-state index contributed by atoms with van der Waals surface area (Å²) in [5.41, 5.74) is 0.771. The molecule has 0 aromatic carbocycles. The third-order valence-corrected chi connectivity index (χ3v) is 1.95. The van der Waals surface area contributed by atoms with Crippen LogP contribution < -0.4 is 0 Å². The van der Waals surface area contributed by atoms with Gasteiger partial charge in [0.2, 0.25) is 0 Å². The van der Waals surface area contributed by atoms with Gasteiger partial charge in [-0.2, -0.15) is 5.10 Å². The quantitative estimate of drug-likeness (QED) is 0.578. The van der Waals surface area contributed by atoms with Crippen molar-refractivity contribution in [2.24, 2.45) is 7.05 Å². The largest absolute Gasteiger partial charge is 0.250 e. The van der Waals surface area contributed by atoms with E-state index in [2.05, 4.69) is 15.1 Å². The van der Waals surface area contributed by atoms with Crippen molar-refractivity contribution in [2.45, 2.75) is 6.92 Å². The van der Waals surface area contributed by atoms with Gasteiger partial charge >= 0.3 is 0 Å². The van der Waals surface area contributed by atoms with Gasteiger partial charge in [0.05, 0.1) is 11.6 Å². The summed E-state index contributed by atoms with van der Waals surface area (Å²) in [6.07, 6.45) is 1.66. The second kappa shape index (κ2) is 2.42. The summed E-state index contributed by atoms with van der Waals surface area (Å²) in [7, 11) is 1.82. The SMILES string of the molecule is Cc1nc(Cl)c2cnn(C)c2n1. The van der Waals surface area contributed by atoms with E-state index in [1.165, 1.54) is 0 Å². The first-order valence-electron chi connectivity index (χ1n) is 3.50. The molecule has 0 saturated heterocycles. The molecule has 2 rings (SSSR count). The highest BCUT2D eigenvalue weighted by Crippen LogP contribution is 2.18. The monoisotopic (exact) mass is 182 g/mol. The lowest BCUT2D eigenvalue weighted by atomic mass is 10.4. The van der Waals surface area contributed by atoms with Crippen LogP contribution >= 0.6 is 11.6 Å². The highest BCUT2D eigenvalue weighted by molar-refractivity contribution is 6.33. The highest BCUT2D eigenvalue weighted by Gasteiger charge is 2.06. The number of fused-ring (bicyclic) bond motifs is 1. The Morgan fingerprint density at radius 2 is 2.17 bits per heavy atom. The van der Waals surface area contributed by atoms with E-state index in [1.807, 2.05) is 7.05 Å². The van der Waals surface area contributed by atoms with Crippen LogP contribution in [0.15, 0.2) is 6.20 Å². The number of rotatable bonds is 0. The molecule has 0 bridgehead atoms. The molecule has 0 aliphatic carbocycles. The van der Waals surface area contributed by atoms with Crippen molar-refractivity contribution in [1.82, 2.24) is 19.7 Å². The average molecular weight is 183 g/mol. The number of hydrogen-bond donors (Lipinski definition) is 0. The van der Waals surface area contributed by atoms with Crippen LogP contribution in [0.1, 0.15) is 5.82 Å². The van der Waals surface area contributed by atoms with Crippen molar-refractivity contribution in [3.8, 4) is 0 Å². The minimum atomic E-state index is 0.464. The van der Waals surface area contributed by atoms with Crippen molar-refractivity contribution in [3.05, 3.63) is 17.2 Å². The second-order valence-corrected chi connectivity index (χ2v) is 2.93. The van der Waals surface area contributed by atoms with E-state index in [9.17, 15) is 0 Å². The van der Waals surface area contributed by atoms with E-state index in [4.69, 9.17) is 11.6 Å². The Hall–Kier alpha value is -1.16. The van der Waals surface area contributed by atoms with Crippen LogP contribution in [0.25, 0.3) is 11.0 Å². The molecule has 62 valence electrons. The zero-order chi connectivity index (χ0) is 8.72. The zero-order valence-corrected chi connectivity index (χ0v) is 7.50. The molecule has 0 N–H and O–H groups in total. The minimum absolute atomic E-state index is 0.464. The molecule has 0 aliphatic heterocycles. The van der Waals surface area contributed by atoms with Crippen molar-refractivity contribution in [1.29, 1.82) is 0 Å². The lowest BCUT2D eigenvalue weighted by Crippen LogP contribution is -1.95. The molecule has 2 aromatic rings. The van der Waals surface area contributed by atoms with E-state index < -0.39 is 0 Å². The molecule has 4 nitrogen and oxygen atoms in total. The fourth-order valence-corrected chi connectivity index (χ4v) is 1.35. The van der Waals surface area contributed by atoms with Crippen LogP contribution in [0.2, 0.25) is 5.15 Å². The molecule has 2 aromatic heterocycles. The highest BCUT2D eigenvalue weighted by atomic mass is 35.5. The second-order valence-electron chi connectivity index (χ2n) is 2.57. The van der Waals surface area contributed by atoms with E-state index in [-0.39, 0.29) is 0 Å². The summed E-state index contributed by atoms with van der Waals surface area (Å²) < 4.78 is 1.68. The average Bonchev–Trinajstić information content (AvgIpc) is 2.33. The van der Waals surface area contributed by atoms with Gasteiger partial charge in [0.15, 0.2) is 5.65 Å². The first kappa shape index (κ1) is 7.49. The predicted molar refractivity (Wildman–Crippen MR) is 46.1 cm³/mol. The van der Waals surface area contributed by atoms with Crippen LogP contribution in [0.4, 0.5) is 0 Å². The number of halogens is 1. The molecular weight excluding hydrogens is 176 g/mol. The Morgan fingerprint density at radius 1 is 1.42 bits per heavy atom. The van der Waals surface area contributed by atoms with Gasteiger partial charge in [0.25, 0.3) is 0 Å². The van der Waals surface area contributed by atoms with Gasteiger partial charge in [-0.15, -0.1) is 0 Å². The summed E-state index contributed by atoms with van der Waals surface area (Å²) in [5, 5.41) is 5.29. The molecule has 0 atom stereocenters. The maximum atomic E-state index is 5.87. The molecule has 0 radical (unpaired) electrons. The standard InChI is InChI=1S/C7H7ClN4/c1-4-10-6(8)5-3-9-12(2)7(5)11-4/h3H,1-2H3. The fraction of sp³-hybridized carbons (Fsp3) is 0.286. The Balaban J connectivity index is 2.92. The van der Waals surface area contributed by atoms with E-state index in [0.29, 0.717) is 11.0 Å². The lowest BCUT2D eigenvalue weighted by molar-refractivity contribution is 0.783. The van der Waals surface area contributed by atoms with E-state index >= 15 is 0 Å². The van der Waals surface area contributed by atoms with Gasteiger partial charge in [0.1, 0.15) is 11.0 Å². The normalized spacial score (nSPS) is 10.9. The first-order valence-corrected chi connectivity index (χ1v) is 3.88. The predicted octanol–water partition coefficient (Wildman–Crippen LogP) is 1.33.